The summed E-state index contributed by atoms with van der Waals surface area (Å²) in [4.78, 5) is 12.1. The molecule has 2 atom stereocenters. The van der Waals surface area contributed by atoms with Crippen molar-refractivity contribution in [1.29, 1.82) is 0 Å². The zero-order valence-electron chi connectivity index (χ0n) is 17.0. The van der Waals surface area contributed by atoms with Crippen molar-refractivity contribution in [2.75, 3.05) is 7.11 Å². The monoisotopic (exact) mass is 366 g/mol. The van der Waals surface area contributed by atoms with Crippen LogP contribution in [0.5, 0.6) is 11.5 Å². The smallest absolute Gasteiger partial charge is 0.316 e. The van der Waals surface area contributed by atoms with E-state index in [0.717, 1.165) is 12.2 Å². The van der Waals surface area contributed by atoms with E-state index in [2.05, 4.69) is 25.6 Å². The molecule has 0 saturated heterocycles. The van der Waals surface area contributed by atoms with Crippen LogP contribution in [0.1, 0.15) is 51.2 Å². The van der Waals surface area contributed by atoms with Crippen molar-refractivity contribution in [1.82, 2.24) is 0 Å². The Labute approximate surface area is 163 Å². The first-order chi connectivity index (χ1) is 12.8. The molecule has 0 bridgehead atoms. The second kappa shape index (κ2) is 8.90. The Morgan fingerprint density at radius 1 is 1.00 bits per heavy atom. The van der Waals surface area contributed by atoms with Crippen molar-refractivity contribution in [2.24, 2.45) is 11.3 Å². The van der Waals surface area contributed by atoms with Gasteiger partial charge in [0.2, 0.25) is 0 Å². The van der Waals surface area contributed by atoms with Gasteiger partial charge in [0.1, 0.15) is 11.5 Å². The van der Waals surface area contributed by atoms with E-state index in [4.69, 9.17) is 9.47 Å². The van der Waals surface area contributed by atoms with Gasteiger partial charge >= 0.3 is 5.97 Å². The maximum absolute atomic E-state index is 12.1. The lowest BCUT2D eigenvalue weighted by Crippen LogP contribution is -2.25. The Morgan fingerprint density at radius 2 is 1.48 bits per heavy atom. The van der Waals surface area contributed by atoms with Gasteiger partial charge in [0, 0.05) is 5.92 Å². The molecule has 2 rings (SSSR count). The van der Waals surface area contributed by atoms with Crippen LogP contribution in [-0.2, 0) is 4.79 Å². The molecule has 144 valence electrons. The highest BCUT2D eigenvalue weighted by atomic mass is 16.5. The molecule has 0 saturated carbocycles. The largest absolute Gasteiger partial charge is 0.497 e. The molecule has 0 aromatic heterocycles. The molecular weight excluding hydrogens is 336 g/mol. The number of methoxy groups -OCH3 is 1. The lowest BCUT2D eigenvalue weighted by Gasteiger charge is -2.25. The fraction of sp³-hybridized carbons (Fsp3) is 0.375. The molecule has 0 aliphatic carbocycles. The zero-order valence-corrected chi connectivity index (χ0v) is 17.0. The topological polar surface area (TPSA) is 35.5 Å². The van der Waals surface area contributed by atoms with Crippen LogP contribution >= 0.6 is 0 Å². The minimum Gasteiger partial charge on any atom is -0.497 e. The summed E-state index contributed by atoms with van der Waals surface area (Å²) >= 11 is 0. The zero-order chi connectivity index (χ0) is 20.0. The second-order valence-electron chi connectivity index (χ2n) is 7.77. The molecular formula is C24H30O3. The average molecular weight is 367 g/mol. The van der Waals surface area contributed by atoms with Crippen LogP contribution in [0.15, 0.2) is 61.2 Å². The van der Waals surface area contributed by atoms with Gasteiger partial charge in [0.15, 0.2) is 0 Å². The summed E-state index contributed by atoms with van der Waals surface area (Å²) in [6, 6.07) is 16.0. The van der Waals surface area contributed by atoms with E-state index in [1.165, 1.54) is 11.1 Å². The first-order valence-electron chi connectivity index (χ1n) is 9.39. The lowest BCUT2D eigenvalue weighted by atomic mass is 9.79. The predicted molar refractivity (Wildman–Crippen MR) is 110 cm³/mol. The number of benzene rings is 2. The Kier molecular flexibility index (Phi) is 6.84. The number of hydrogen-bond acceptors (Lipinski definition) is 3. The van der Waals surface area contributed by atoms with Gasteiger partial charge in [-0.05, 0) is 68.5 Å². The maximum Gasteiger partial charge on any atom is 0.316 e. The van der Waals surface area contributed by atoms with E-state index in [1.54, 1.807) is 7.11 Å². The van der Waals surface area contributed by atoms with Crippen molar-refractivity contribution in [3.63, 3.8) is 0 Å². The summed E-state index contributed by atoms with van der Waals surface area (Å²) in [6.07, 6.45) is 3.00. The number of rotatable bonds is 7. The molecule has 0 heterocycles. The third-order valence-corrected chi connectivity index (χ3v) is 4.74. The molecule has 2 unspecified atom stereocenters. The third kappa shape index (κ3) is 5.22. The molecule has 2 aromatic rings. The number of ether oxygens (including phenoxy) is 2. The molecule has 0 N–H and O–H groups in total. The normalized spacial score (nSPS) is 13.5. The van der Waals surface area contributed by atoms with Crippen molar-refractivity contribution in [2.45, 2.75) is 40.0 Å². The number of allylic oxidation sites excluding steroid dienone is 1. The van der Waals surface area contributed by atoms with E-state index in [-0.39, 0.29) is 11.9 Å². The molecule has 3 nitrogen and oxygen atoms in total. The Morgan fingerprint density at radius 3 is 1.85 bits per heavy atom. The van der Waals surface area contributed by atoms with E-state index in [1.807, 2.05) is 63.2 Å². The summed E-state index contributed by atoms with van der Waals surface area (Å²) in [7, 11) is 1.67. The minimum absolute atomic E-state index is 0.186. The van der Waals surface area contributed by atoms with Crippen molar-refractivity contribution < 1.29 is 14.3 Å². The number of esters is 1. The van der Waals surface area contributed by atoms with Gasteiger partial charge in [0.25, 0.3) is 0 Å². The van der Waals surface area contributed by atoms with Crippen LogP contribution in [0.3, 0.4) is 0 Å². The fourth-order valence-electron chi connectivity index (χ4n) is 3.04. The van der Waals surface area contributed by atoms with Gasteiger partial charge in [-0.1, -0.05) is 37.3 Å². The lowest BCUT2D eigenvalue weighted by molar-refractivity contribution is -0.142. The van der Waals surface area contributed by atoms with Crippen LogP contribution in [0.2, 0.25) is 0 Å². The molecule has 0 aliphatic rings. The molecule has 0 radical (unpaired) electrons. The van der Waals surface area contributed by atoms with Crippen LogP contribution in [0.4, 0.5) is 0 Å². The summed E-state index contributed by atoms with van der Waals surface area (Å²) in [5.74, 6) is 1.67. The number of carbonyl (C=O) groups is 1. The van der Waals surface area contributed by atoms with Crippen LogP contribution in [-0.4, -0.2) is 13.1 Å². The summed E-state index contributed by atoms with van der Waals surface area (Å²) in [5.41, 5.74) is 1.85. The second-order valence-corrected chi connectivity index (χ2v) is 7.77. The third-order valence-electron chi connectivity index (χ3n) is 4.74. The highest BCUT2D eigenvalue weighted by molar-refractivity contribution is 5.77. The van der Waals surface area contributed by atoms with Gasteiger partial charge < -0.3 is 9.47 Å². The van der Waals surface area contributed by atoms with Gasteiger partial charge in [-0.3, -0.25) is 4.79 Å². The summed E-state index contributed by atoms with van der Waals surface area (Å²) in [5, 5.41) is 0. The van der Waals surface area contributed by atoms with Gasteiger partial charge in [-0.15, -0.1) is 6.58 Å². The van der Waals surface area contributed by atoms with Gasteiger partial charge in [-0.25, -0.2) is 0 Å². The fourth-order valence-corrected chi connectivity index (χ4v) is 3.04. The van der Waals surface area contributed by atoms with E-state index in [0.29, 0.717) is 11.7 Å². The molecule has 27 heavy (non-hydrogen) atoms. The molecule has 0 aliphatic heterocycles. The van der Waals surface area contributed by atoms with Crippen LogP contribution in [0.25, 0.3) is 0 Å². The van der Waals surface area contributed by atoms with E-state index >= 15 is 0 Å². The highest BCUT2D eigenvalue weighted by Crippen LogP contribution is 2.36. The standard InChI is InChI=1S/C24H30O3/c1-7-17(8-2)22(18-9-13-20(26-6)14-10-18)19-11-15-21(16-12-19)27-23(25)24(3,4)5/h7,9-17,22H,1,8H2,2-6H3. The SMILES string of the molecule is C=CC(CC)C(c1ccc(OC)cc1)c1ccc(OC(=O)C(C)(C)C)cc1. The minimum atomic E-state index is -0.527. The highest BCUT2D eigenvalue weighted by Gasteiger charge is 2.25. The molecule has 0 spiro atoms. The number of hydrogen-bond donors (Lipinski definition) is 0. The number of carbonyl (C=O) groups excluding carboxylic acids is 1. The maximum atomic E-state index is 12.1. The van der Waals surface area contributed by atoms with E-state index in [9.17, 15) is 4.79 Å². The Bertz CT molecular complexity index is 752. The summed E-state index contributed by atoms with van der Waals surface area (Å²) < 4.78 is 10.8. The summed E-state index contributed by atoms with van der Waals surface area (Å²) in [6.45, 7) is 11.7. The molecule has 0 amide bonds. The Hall–Kier alpha value is -2.55. The van der Waals surface area contributed by atoms with Crippen LogP contribution in [0, 0.1) is 11.3 Å². The first kappa shape index (κ1) is 20.8. The van der Waals surface area contributed by atoms with Gasteiger partial charge in [-0.2, -0.15) is 0 Å². The average Bonchev–Trinajstić information content (AvgIpc) is 2.66. The quantitative estimate of drug-likeness (QED) is 0.343. The molecule has 2 aromatic carbocycles. The Balaban J connectivity index is 2.32. The molecule has 3 heteroatoms. The van der Waals surface area contributed by atoms with Gasteiger partial charge in [0.05, 0.1) is 12.5 Å². The first-order valence-corrected chi connectivity index (χ1v) is 9.39. The molecule has 0 fully saturated rings. The van der Waals surface area contributed by atoms with Crippen molar-refractivity contribution in [3.8, 4) is 11.5 Å². The predicted octanol–water partition coefficient (Wildman–Crippen LogP) is 5.99. The van der Waals surface area contributed by atoms with E-state index < -0.39 is 5.41 Å². The van der Waals surface area contributed by atoms with Crippen LogP contribution < -0.4 is 9.47 Å². The van der Waals surface area contributed by atoms with Crippen molar-refractivity contribution in [3.05, 3.63) is 72.3 Å². The van der Waals surface area contributed by atoms with Crippen molar-refractivity contribution >= 4 is 5.97 Å².